The van der Waals surface area contributed by atoms with Crippen LogP contribution in [0.2, 0.25) is 0 Å². The van der Waals surface area contributed by atoms with Crippen molar-refractivity contribution in [1.82, 2.24) is 5.32 Å². The van der Waals surface area contributed by atoms with Gasteiger partial charge in [0.15, 0.2) is 0 Å². The quantitative estimate of drug-likeness (QED) is 0.0323. The Labute approximate surface area is 361 Å². The van der Waals surface area contributed by atoms with E-state index in [0.717, 1.165) is 64.2 Å². The summed E-state index contributed by atoms with van der Waals surface area (Å²) >= 11 is 0. The predicted octanol–water partition coefficient (Wildman–Crippen LogP) is 15.1. The van der Waals surface area contributed by atoms with Gasteiger partial charge in [-0.3, -0.25) is 9.59 Å². The molecular weight excluding hydrogens is 719 g/mol. The van der Waals surface area contributed by atoms with Crippen LogP contribution >= 0.6 is 0 Å². The van der Waals surface area contributed by atoms with Crippen molar-refractivity contribution in [2.24, 2.45) is 0 Å². The minimum atomic E-state index is -0.787. The van der Waals surface area contributed by atoms with Gasteiger partial charge in [-0.1, -0.05) is 212 Å². The van der Waals surface area contributed by atoms with E-state index in [1.165, 1.54) is 161 Å². The van der Waals surface area contributed by atoms with E-state index in [1.54, 1.807) is 0 Å². The van der Waals surface area contributed by atoms with E-state index in [9.17, 15) is 19.8 Å². The molecular formula is C52H99NO5. The molecule has 0 rings (SSSR count). The van der Waals surface area contributed by atoms with E-state index in [4.69, 9.17) is 4.74 Å². The van der Waals surface area contributed by atoms with Crippen LogP contribution in [0.15, 0.2) is 24.3 Å². The second kappa shape index (κ2) is 46.4. The third-order valence-electron chi connectivity index (χ3n) is 11.8. The number of aliphatic hydroxyl groups excluding tert-OH is 2. The lowest BCUT2D eigenvalue weighted by Crippen LogP contribution is -2.46. The molecule has 58 heavy (non-hydrogen) atoms. The van der Waals surface area contributed by atoms with Crippen LogP contribution in [-0.2, 0) is 14.3 Å². The maximum Gasteiger partial charge on any atom is 0.306 e. The first-order chi connectivity index (χ1) is 28.5. The smallest absolute Gasteiger partial charge is 0.306 e. The molecule has 6 heteroatoms. The van der Waals surface area contributed by atoms with Crippen LogP contribution in [0.1, 0.15) is 271 Å². The fourth-order valence-electron chi connectivity index (χ4n) is 7.82. The highest BCUT2D eigenvalue weighted by Gasteiger charge is 2.24. The van der Waals surface area contributed by atoms with Crippen molar-refractivity contribution in [2.75, 3.05) is 6.61 Å². The third-order valence-corrected chi connectivity index (χ3v) is 11.8. The molecule has 6 nitrogen and oxygen atoms in total. The van der Waals surface area contributed by atoms with Gasteiger partial charge in [0.05, 0.1) is 25.2 Å². The SMILES string of the molecule is CCCC/C=C\CCCCCCCC(=O)OC(CCCCCCC/C=C\CCCCCC)CC(=O)NC(CO)C(O)CCCCCCCCCCCCCCCCC. The van der Waals surface area contributed by atoms with Crippen molar-refractivity contribution in [3.05, 3.63) is 24.3 Å². The molecule has 3 atom stereocenters. The van der Waals surface area contributed by atoms with Gasteiger partial charge in [0.2, 0.25) is 5.91 Å². The fourth-order valence-corrected chi connectivity index (χ4v) is 7.82. The molecule has 0 aliphatic heterocycles. The highest BCUT2D eigenvalue weighted by molar-refractivity contribution is 5.77. The number of hydrogen-bond donors (Lipinski definition) is 3. The van der Waals surface area contributed by atoms with E-state index in [0.29, 0.717) is 19.3 Å². The van der Waals surface area contributed by atoms with E-state index < -0.39 is 18.2 Å². The first-order valence-electron chi connectivity index (χ1n) is 25.6. The molecule has 0 saturated heterocycles. The first-order valence-corrected chi connectivity index (χ1v) is 25.6. The number of amides is 1. The summed E-state index contributed by atoms with van der Waals surface area (Å²) in [7, 11) is 0. The second-order valence-corrected chi connectivity index (χ2v) is 17.6. The van der Waals surface area contributed by atoms with Gasteiger partial charge in [0.25, 0.3) is 0 Å². The van der Waals surface area contributed by atoms with Crippen LogP contribution in [0.3, 0.4) is 0 Å². The second-order valence-electron chi connectivity index (χ2n) is 17.6. The third kappa shape index (κ3) is 41.1. The van der Waals surface area contributed by atoms with Crippen LogP contribution in [0.5, 0.6) is 0 Å². The standard InChI is InChI=1S/C52H99NO5/c1-4-7-10-13-16-19-22-24-25-27-30-32-35-38-41-44-50(55)49(47-54)53-51(56)46-48(43-40-37-34-31-29-26-23-20-17-14-11-8-5-2)58-52(57)45-42-39-36-33-28-21-18-15-12-9-6-3/h15,18,20,23,48-50,54-55H,4-14,16-17,19,21-22,24-47H2,1-3H3,(H,53,56)/b18-15-,23-20-. The average Bonchev–Trinajstić information content (AvgIpc) is 3.22. The Morgan fingerprint density at radius 3 is 1.29 bits per heavy atom. The van der Waals surface area contributed by atoms with Gasteiger partial charge in [-0.2, -0.15) is 0 Å². The van der Waals surface area contributed by atoms with Crippen LogP contribution in [0.4, 0.5) is 0 Å². The molecule has 342 valence electrons. The Morgan fingerprint density at radius 1 is 0.483 bits per heavy atom. The van der Waals surface area contributed by atoms with Gasteiger partial charge in [-0.15, -0.1) is 0 Å². The number of nitrogens with one attached hydrogen (secondary N) is 1. The first kappa shape index (κ1) is 56.3. The number of aliphatic hydroxyl groups is 2. The number of unbranched alkanes of at least 4 members (excludes halogenated alkanes) is 30. The van der Waals surface area contributed by atoms with Gasteiger partial charge >= 0.3 is 5.97 Å². The summed E-state index contributed by atoms with van der Waals surface area (Å²) in [6.07, 6.45) is 52.3. The zero-order chi connectivity index (χ0) is 42.4. The Morgan fingerprint density at radius 2 is 0.845 bits per heavy atom. The number of esters is 1. The highest BCUT2D eigenvalue weighted by atomic mass is 16.5. The molecule has 0 fully saturated rings. The van der Waals surface area contributed by atoms with Gasteiger partial charge in [-0.05, 0) is 70.6 Å². The minimum Gasteiger partial charge on any atom is -0.462 e. The number of carbonyl (C=O) groups excluding carboxylic acids is 2. The van der Waals surface area contributed by atoms with Crippen molar-refractivity contribution in [2.45, 2.75) is 289 Å². The molecule has 0 saturated carbocycles. The molecule has 0 spiro atoms. The lowest BCUT2D eigenvalue weighted by Gasteiger charge is -2.24. The van der Waals surface area contributed by atoms with Crippen molar-refractivity contribution >= 4 is 11.9 Å². The Balaban J connectivity index is 4.53. The van der Waals surface area contributed by atoms with Crippen molar-refractivity contribution in [3.8, 4) is 0 Å². The number of rotatable bonds is 46. The average molecular weight is 818 g/mol. The number of hydrogen-bond acceptors (Lipinski definition) is 5. The van der Waals surface area contributed by atoms with Gasteiger partial charge in [-0.25, -0.2) is 0 Å². The monoisotopic (exact) mass is 818 g/mol. The molecule has 3 N–H and O–H groups in total. The van der Waals surface area contributed by atoms with Crippen molar-refractivity contribution in [3.63, 3.8) is 0 Å². The van der Waals surface area contributed by atoms with E-state index in [1.807, 2.05) is 0 Å². The summed E-state index contributed by atoms with van der Waals surface area (Å²) in [5.41, 5.74) is 0. The Hall–Kier alpha value is -1.66. The maximum atomic E-state index is 13.2. The molecule has 0 aliphatic carbocycles. The minimum absolute atomic E-state index is 0.0722. The van der Waals surface area contributed by atoms with Crippen LogP contribution < -0.4 is 5.32 Å². The molecule has 0 aromatic rings. The summed E-state index contributed by atoms with van der Waals surface area (Å²) in [4.78, 5) is 26.1. The fraction of sp³-hybridized carbons (Fsp3) is 0.885. The van der Waals surface area contributed by atoms with Crippen LogP contribution in [0, 0.1) is 0 Å². The molecule has 0 bridgehead atoms. The summed E-state index contributed by atoms with van der Waals surface area (Å²) in [6, 6.07) is -0.701. The van der Waals surface area contributed by atoms with E-state index in [-0.39, 0.29) is 24.9 Å². The summed E-state index contributed by atoms with van der Waals surface area (Å²) in [5, 5.41) is 23.8. The zero-order valence-corrected chi connectivity index (χ0v) is 38.9. The largest absolute Gasteiger partial charge is 0.462 e. The molecule has 0 aromatic heterocycles. The molecule has 0 heterocycles. The van der Waals surface area contributed by atoms with Gasteiger partial charge < -0.3 is 20.3 Å². The van der Waals surface area contributed by atoms with Crippen LogP contribution in [-0.4, -0.2) is 46.9 Å². The number of carbonyl (C=O) groups is 2. The van der Waals surface area contributed by atoms with Crippen molar-refractivity contribution in [1.29, 1.82) is 0 Å². The lowest BCUT2D eigenvalue weighted by atomic mass is 10.0. The highest BCUT2D eigenvalue weighted by Crippen LogP contribution is 2.18. The van der Waals surface area contributed by atoms with Crippen molar-refractivity contribution < 1.29 is 24.5 Å². The molecule has 1 amide bonds. The van der Waals surface area contributed by atoms with E-state index in [2.05, 4.69) is 50.4 Å². The zero-order valence-electron chi connectivity index (χ0n) is 38.9. The van der Waals surface area contributed by atoms with Gasteiger partial charge in [0.1, 0.15) is 6.10 Å². The summed E-state index contributed by atoms with van der Waals surface area (Å²) in [5.74, 6) is -0.484. The topological polar surface area (TPSA) is 95.9 Å². The van der Waals surface area contributed by atoms with Gasteiger partial charge in [0, 0.05) is 6.42 Å². The Bertz CT molecular complexity index is 919. The number of ether oxygens (including phenoxy) is 1. The summed E-state index contributed by atoms with van der Waals surface area (Å²) in [6.45, 7) is 6.44. The van der Waals surface area contributed by atoms with Crippen LogP contribution in [0.25, 0.3) is 0 Å². The maximum absolute atomic E-state index is 13.2. The summed E-state index contributed by atoms with van der Waals surface area (Å²) < 4.78 is 5.91. The molecule has 0 aromatic carbocycles. The predicted molar refractivity (Wildman–Crippen MR) is 250 cm³/mol. The molecule has 0 radical (unpaired) electrons. The lowest BCUT2D eigenvalue weighted by molar-refractivity contribution is -0.151. The molecule has 0 aliphatic rings. The normalized spacial score (nSPS) is 13.4. The Kier molecular flexibility index (Phi) is 45.1. The molecule has 3 unspecified atom stereocenters. The van der Waals surface area contributed by atoms with E-state index >= 15 is 0 Å². The number of allylic oxidation sites excluding steroid dienone is 4.